The predicted molar refractivity (Wildman–Crippen MR) is 159 cm³/mol. The van der Waals surface area contributed by atoms with Gasteiger partial charge in [-0.3, -0.25) is 9.59 Å². The SMILES string of the molecule is C=C(C(NC(=O)CNC(=C1CC1)C(CCC)NC(=O)c1cnc(C)s1)c1ccccc1)C(C)(O)COSCC(F)(F)F. The number of carbonyl (C=O) groups is 2. The monoisotopic (exact) mass is 626 g/mol. The molecule has 42 heavy (non-hydrogen) atoms. The Kier molecular flexibility index (Phi) is 12.0. The largest absolute Gasteiger partial charge is 0.400 e. The summed E-state index contributed by atoms with van der Waals surface area (Å²) in [5.41, 5.74) is 1.01. The first-order chi connectivity index (χ1) is 19.8. The van der Waals surface area contributed by atoms with Gasteiger partial charge in [-0.25, -0.2) is 4.98 Å². The normalized spacial score (nSPS) is 15.7. The summed E-state index contributed by atoms with van der Waals surface area (Å²) in [5.74, 6) is -1.84. The number of aryl methyl sites for hydroxylation is 1. The first-order valence-corrected chi connectivity index (χ1v) is 15.3. The van der Waals surface area contributed by atoms with Crippen molar-refractivity contribution in [2.75, 3.05) is 18.9 Å². The van der Waals surface area contributed by atoms with Crippen molar-refractivity contribution in [2.24, 2.45) is 0 Å². The average molecular weight is 627 g/mol. The van der Waals surface area contributed by atoms with Crippen LogP contribution in [0.15, 0.2) is 60.0 Å². The first kappa shape index (κ1) is 33.6. The average Bonchev–Trinajstić information content (AvgIpc) is 3.68. The highest BCUT2D eigenvalue weighted by Gasteiger charge is 2.34. The lowest BCUT2D eigenvalue weighted by Crippen LogP contribution is -2.45. The van der Waals surface area contributed by atoms with Gasteiger partial charge in [0.25, 0.3) is 5.91 Å². The minimum absolute atomic E-state index is 0.106. The molecule has 1 fully saturated rings. The van der Waals surface area contributed by atoms with Crippen molar-refractivity contribution in [3.63, 3.8) is 0 Å². The lowest BCUT2D eigenvalue weighted by Gasteiger charge is -2.32. The van der Waals surface area contributed by atoms with Crippen LogP contribution in [0.25, 0.3) is 0 Å². The summed E-state index contributed by atoms with van der Waals surface area (Å²) >= 11 is 1.51. The van der Waals surface area contributed by atoms with Crippen LogP contribution in [0.2, 0.25) is 0 Å². The van der Waals surface area contributed by atoms with Crippen LogP contribution in [0, 0.1) is 6.92 Å². The van der Waals surface area contributed by atoms with E-state index in [1.807, 2.05) is 13.8 Å². The zero-order chi connectivity index (χ0) is 30.9. The highest BCUT2D eigenvalue weighted by Crippen LogP contribution is 2.33. The van der Waals surface area contributed by atoms with E-state index in [4.69, 9.17) is 4.18 Å². The molecule has 13 heteroatoms. The number of benzene rings is 1. The van der Waals surface area contributed by atoms with E-state index in [1.165, 1.54) is 18.3 Å². The molecule has 0 aliphatic heterocycles. The Morgan fingerprint density at radius 2 is 1.90 bits per heavy atom. The van der Waals surface area contributed by atoms with E-state index >= 15 is 0 Å². The molecule has 3 rings (SSSR count). The molecule has 230 valence electrons. The molecular weight excluding hydrogens is 589 g/mol. The summed E-state index contributed by atoms with van der Waals surface area (Å²) in [6, 6.07) is 7.69. The summed E-state index contributed by atoms with van der Waals surface area (Å²) in [6.07, 6.45) is 0.377. The van der Waals surface area contributed by atoms with Gasteiger partial charge in [0.15, 0.2) is 0 Å². The van der Waals surface area contributed by atoms with Gasteiger partial charge in [0.2, 0.25) is 5.91 Å². The van der Waals surface area contributed by atoms with E-state index in [-0.39, 0.29) is 36.1 Å². The van der Waals surface area contributed by atoms with Gasteiger partial charge in [0.05, 0.1) is 36.4 Å². The number of halogens is 3. The number of alkyl halides is 3. The zero-order valence-electron chi connectivity index (χ0n) is 23.8. The number of aromatic nitrogens is 1. The molecule has 4 N–H and O–H groups in total. The van der Waals surface area contributed by atoms with Gasteiger partial charge in [-0.2, -0.15) is 13.2 Å². The van der Waals surface area contributed by atoms with Gasteiger partial charge in [0.1, 0.15) is 16.2 Å². The second-order valence-corrected chi connectivity index (χ2v) is 12.3. The van der Waals surface area contributed by atoms with E-state index in [9.17, 15) is 27.9 Å². The van der Waals surface area contributed by atoms with Crippen LogP contribution >= 0.6 is 23.4 Å². The lowest BCUT2D eigenvalue weighted by molar-refractivity contribution is -0.120. The van der Waals surface area contributed by atoms with Gasteiger partial charge in [-0.1, -0.05) is 50.3 Å². The highest BCUT2D eigenvalue weighted by molar-refractivity contribution is 7.94. The molecule has 1 aliphatic carbocycles. The molecule has 3 unspecified atom stereocenters. The Hall–Kier alpha value is -2.87. The van der Waals surface area contributed by atoms with Gasteiger partial charge in [-0.15, -0.1) is 11.3 Å². The van der Waals surface area contributed by atoms with Crippen LogP contribution in [0.5, 0.6) is 0 Å². The Morgan fingerprint density at radius 1 is 1.21 bits per heavy atom. The van der Waals surface area contributed by atoms with Crippen LogP contribution in [-0.2, 0) is 8.98 Å². The molecule has 0 bridgehead atoms. The van der Waals surface area contributed by atoms with Crippen molar-refractivity contribution >= 4 is 35.2 Å². The predicted octanol–water partition coefficient (Wildman–Crippen LogP) is 5.38. The van der Waals surface area contributed by atoms with Crippen molar-refractivity contribution in [3.8, 4) is 0 Å². The summed E-state index contributed by atoms with van der Waals surface area (Å²) < 4.78 is 42.5. The van der Waals surface area contributed by atoms with Gasteiger partial charge >= 0.3 is 6.18 Å². The van der Waals surface area contributed by atoms with Gasteiger partial charge < -0.3 is 25.2 Å². The molecule has 2 amide bonds. The maximum Gasteiger partial charge on any atom is 0.400 e. The molecular formula is C29H37F3N4O4S2. The minimum Gasteiger partial charge on any atom is -0.383 e. The van der Waals surface area contributed by atoms with Gasteiger partial charge in [0, 0.05) is 17.7 Å². The highest BCUT2D eigenvalue weighted by atomic mass is 32.2. The van der Waals surface area contributed by atoms with Crippen molar-refractivity contribution in [1.29, 1.82) is 0 Å². The number of allylic oxidation sites excluding steroid dienone is 1. The Morgan fingerprint density at radius 3 is 2.48 bits per heavy atom. The standard InChI is InChI=1S/C29H37F3N4O4S2/c1-5-9-22(35-27(38)23-14-33-19(3)42-23)26(21-12-13-21)34-15-24(37)36-25(20-10-7-6-8-11-20)18(2)28(4,39)16-40-41-17-29(30,31)32/h6-8,10-11,14,22,25,34,39H,2,5,9,12-13,15-17H2,1,3-4H3,(H,35,38)(H,36,37). The molecule has 1 heterocycles. The van der Waals surface area contributed by atoms with Crippen LogP contribution in [-0.4, -0.2) is 58.6 Å². The Balaban J connectivity index is 1.68. The summed E-state index contributed by atoms with van der Waals surface area (Å²) in [4.78, 5) is 30.8. The molecule has 1 aliphatic rings. The third-order valence-electron chi connectivity index (χ3n) is 6.52. The molecule has 0 spiro atoms. The molecule has 1 saturated carbocycles. The fourth-order valence-corrected chi connectivity index (χ4v) is 5.38. The molecule has 3 atom stereocenters. The molecule has 1 aromatic carbocycles. The van der Waals surface area contributed by atoms with Crippen LogP contribution in [0.4, 0.5) is 13.2 Å². The second kappa shape index (κ2) is 15.0. The number of carbonyl (C=O) groups excluding carboxylic acids is 2. The number of hydrogen-bond acceptors (Lipinski definition) is 8. The smallest absolute Gasteiger partial charge is 0.383 e. The molecule has 2 aromatic rings. The molecule has 1 aromatic heterocycles. The maximum atomic E-state index is 13.2. The van der Waals surface area contributed by atoms with Gasteiger partial charge in [-0.05, 0) is 49.8 Å². The molecule has 8 nitrogen and oxygen atoms in total. The van der Waals surface area contributed by atoms with Crippen molar-refractivity contribution < 1.29 is 32.0 Å². The third-order valence-corrected chi connectivity index (χ3v) is 8.16. The van der Waals surface area contributed by atoms with E-state index in [2.05, 4.69) is 27.5 Å². The zero-order valence-corrected chi connectivity index (χ0v) is 25.5. The number of nitrogens with one attached hydrogen (secondary N) is 3. The quantitative estimate of drug-likeness (QED) is 0.113. The number of nitrogens with zero attached hydrogens (tertiary/aromatic N) is 1. The molecule has 0 saturated heterocycles. The molecule has 0 radical (unpaired) electrons. The van der Waals surface area contributed by atoms with Crippen molar-refractivity contribution in [2.45, 2.75) is 70.3 Å². The summed E-state index contributed by atoms with van der Waals surface area (Å²) in [7, 11) is 0. The fraction of sp³-hybridized carbons (Fsp3) is 0.483. The third kappa shape index (κ3) is 10.4. The van der Waals surface area contributed by atoms with Crippen molar-refractivity contribution in [1.82, 2.24) is 20.9 Å². The number of rotatable bonds is 16. The summed E-state index contributed by atoms with van der Waals surface area (Å²) in [5, 5.41) is 21.0. The second-order valence-electron chi connectivity index (χ2n) is 10.3. The summed E-state index contributed by atoms with van der Waals surface area (Å²) in [6.45, 7) is 8.64. The first-order valence-electron chi connectivity index (χ1n) is 13.6. The number of hydrogen-bond donors (Lipinski definition) is 4. The maximum absolute atomic E-state index is 13.2. The Bertz CT molecular complexity index is 1260. The van der Waals surface area contributed by atoms with E-state index in [0.717, 1.165) is 35.5 Å². The minimum atomic E-state index is -4.41. The van der Waals surface area contributed by atoms with Crippen LogP contribution in [0.1, 0.15) is 65.8 Å². The topological polar surface area (TPSA) is 113 Å². The van der Waals surface area contributed by atoms with E-state index < -0.39 is 36.1 Å². The van der Waals surface area contributed by atoms with E-state index in [0.29, 0.717) is 16.9 Å². The Labute approximate surface area is 252 Å². The lowest BCUT2D eigenvalue weighted by atomic mass is 9.88. The van der Waals surface area contributed by atoms with E-state index in [1.54, 1.807) is 36.5 Å². The van der Waals surface area contributed by atoms with Crippen molar-refractivity contribution in [3.05, 3.63) is 75.4 Å². The number of amides is 2. The fourth-order valence-electron chi connectivity index (χ4n) is 4.17. The van der Waals surface area contributed by atoms with Crippen LogP contribution < -0.4 is 16.0 Å². The number of thiazole rings is 1. The number of aliphatic hydroxyl groups is 1. The van der Waals surface area contributed by atoms with Crippen LogP contribution in [0.3, 0.4) is 0 Å².